The van der Waals surface area contributed by atoms with Gasteiger partial charge in [0.05, 0.1) is 5.75 Å². The number of fused-ring (bicyclic) bond motifs is 1. The number of urea groups is 1. The van der Waals surface area contributed by atoms with Crippen LogP contribution < -0.4 is 5.32 Å². The highest BCUT2D eigenvalue weighted by atomic mass is 32.2. The van der Waals surface area contributed by atoms with Gasteiger partial charge in [0.2, 0.25) is 0 Å². The molecule has 1 atom stereocenters. The van der Waals surface area contributed by atoms with E-state index in [-0.39, 0.29) is 12.3 Å². The van der Waals surface area contributed by atoms with Crippen molar-refractivity contribution in [2.45, 2.75) is 31.9 Å². The summed E-state index contributed by atoms with van der Waals surface area (Å²) in [4.78, 5) is 47.4. The quantitative estimate of drug-likeness (QED) is 0.469. The van der Waals surface area contributed by atoms with Crippen LogP contribution in [0.15, 0.2) is 11.4 Å². The molecular formula is C16H18N4O4S2. The largest absolute Gasteiger partial charge is 0.452 e. The predicted molar refractivity (Wildman–Crippen MR) is 98.3 cm³/mol. The number of amides is 3. The lowest BCUT2D eigenvalue weighted by molar-refractivity contribution is -0.155. The van der Waals surface area contributed by atoms with Crippen molar-refractivity contribution in [3.63, 3.8) is 0 Å². The lowest BCUT2D eigenvalue weighted by Crippen LogP contribution is -2.42. The van der Waals surface area contributed by atoms with Crippen molar-refractivity contribution in [2.24, 2.45) is 0 Å². The standard InChI is InChI=1S/C16H18N4O4S2/c1-8-10(3)26-14-12(8)13(18-7-19-14)25-6-11(21)24-9(2)15(22)20-5-4-17-16(20)23/h7,9H,4-6H2,1-3H3,(H,17,23)/t9-/m0/s1. The fourth-order valence-corrected chi connectivity index (χ4v) is 4.47. The Bertz CT molecular complexity index is 883. The summed E-state index contributed by atoms with van der Waals surface area (Å²) in [5.41, 5.74) is 1.10. The Morgan fingerprint density at radius 3 is 2.88 bits per heavy atom. The lowest BCUT2D eigenvalue weighted by Gasteiger charge is -2.18. The minimum Gasteiger partial charge on any atom is -0.452 e. The summed E-state index contributed by atoms with van der Waals surface area (Å²) in [5, 5.41) is 4.20. The molecule has 0 bridgehead atoms. The van der Waals surface area contributed by atoms with Gasteiger partial charge in [-0.1, -0.05) is 11.8 Å². The second-order valence-electron chi connectivity index (χ2n) is 5.78. The van der Waals surface area contributed by atoms with Crippen LogP contribution in [0, 0.1) is 13.8 Å². The molecule has 1 N–H and O–H groups in total. The van der Waals surface area contributed by atoms with E-state index in [2.05, 4.69) is 15.3 Å². The number of hydrogen-bond acceptors (Lipinski definition) is 8. The van der Waals surface area contributed by atoms with Gasteiger partial charge >= 0.3 is 12.0 Å². The van der Waals surface area contributed by atoms with Gasteiger partial charge in [0.25, 0.3) is 5.91 Å². The highest BCUT2D eigenvalue weighted by molar-refractivity contribution is 8.00. The van der Waals surface area contributed by atoms with E-state index in [1.807, 2.05) is 13.8 Å². The SMILES string of the molecule is Cc1sc2ncnc(SCC(=O)O[C@@H](C)C(=O)N3CCNC3=O)c2c1C. The minimum absolute atomic E-state index is 0.0181. The molecule has 0 aliphatic carbocycles. The number of nitrogens with zero attached hydrogens (tertiary/aromatic N) is 3. The van der Waals surface area contributed by atoms with E-state index in [1.165, 1.54) is 25.0 Å². The van der Waals surface area contributed by atoms with E-state index in [0.29, 0.717) is 11.6 Å². The maximum Gasteiger partial charge on any atom is 0.324 e. The maximum atomic E-state index is 12.1. The molecule has 1 fully saturated rings. The topological polar surface area (TPSA) is 101 Å². The van der Waals surface area contributed by atoms with Crippen LogP contribution in [0.1, 0.15) is 17.4 Å². The Hall–Kier alpha value is -2.20. The first-order valence-corrected chi connectivity index (χ1v) is 9.81. The number of aryl methyl sites for hydroxylation is 2. The van der Waals surface area contributed by atoms with E-state index < -0.39 is 24.0 Å². The van der Waals surface area contributed by atoms with Gasteiger partial charge in [0.15, 0.2) is 6.10 Å². The Kier molecular flexibility index (Phi) is 5.42. The smallest absolute Gasteiger partial charge is 0.324 e. The third kappa shape index (κ3) is 3.65. The summed E-state index contributed by atoms with van der Waals surface area (Å²) in [6, 6.07) is -0.459. The number of carbonyl (C=O) groups is 3. The first-order chi connectivity index (χ1) is 12.4. The third-order valence-electron chi connectivity index (χ3n) is 4.04. The molecule has 0 unspecified atom stereocenters. The van der Waals surface area contributed by atoms with Crippen molar-refractivity contribution < 1.29 is 19.1 Å². The monoisotopic (exact) mass is 394 g/mol. The summed E-state index contributed by atoms with van der Waals surface area (Å²) in [6.07, 6.45) is 0.464. The highest BCUT2D eigenvalue weighted by Crippen LogP contribution is 2.34. The van der Waals surface area contributed by atoms with Gasteiger partial charge in [-0.05, 0) is 26.3 Å². The average Bonchev–Trinajstić information content (AvgIpc) is 3.16. The number of thioether (sulfide) groups is 1. The second-order valence-corrected chi connectivity index (χ2v) is 7.95. The molecule has 10 heteroatoms. The number of thiophene rings is 1. The van der Waals surface area contributed by atoms with Crippen molar-refractivity contribution in [3.05, 3.63) is 16.8 Å². The molecule has 0 aromatic carbocycles. The van der Waals surface area contributed by atoms with Crippen LogP contribution >= 0.6 is 23.1 Å². The molecule has 1 aliphatic rings. The van der Waals surface area contributed by atoms with Crippen molar-refractivity contribution >= 4 is 51.2 Å². The van der Waals surface area contributed by atoms with Crippen LogP contribution in [-0.2, 0) is 14.3 Å². The third-order valence-corrected chi connectivity index (χ3v) is 6.11. The van der Waals surface area contributed by atoms with E-state index in [0.717, 1.165) is 25.6 Å². The van der Waals surface area contributed by atoms with E-state index in [9.17, 15) is 14.4 Å². The number of imide groups is 1. The molecule has 2 aromatic rings. The summed E-state index contributed by atoms with van der Waals surface area (Å²) in [6.45, 7) is 6.17. The first-order valence-electron chi connectivity index (χ1n) is 8.00. The Morgan fingerprint density at radius 1 is 1.42 bits per heavy atom. The van der Waals surface area contributed by atoms with Crippen LogP contribution in [0.25, 0.3) is 10.2 Å². The van der Waals surface area contributed by atoms with Gasteiger partial charge in [-0.2, -0.15) is 0 Å². The Labute approximate surface area is 158 Å². The van der Waals surface area contributed by atoms with E-state index in [4.69, 9.17) is 4.74 Å². The minimum atomic E-state index is -1.01. The molecule has 26 heavy (non-hydrogen) atoms. The molecule has 1 saturated heterocycles. The zero-order valence-corrected chi connectivity index (χ0v) is 16.2. The van der Waals surface area contributed by atoms with Crippen molar-refractivity contribution in [3.8, 4) is 0 Å². The summed E-state index contributed by atoms with van der Waals surface area (Å²) in [7, 11) is 0. The van der Waals surface area contributed by atoms with Crippen LogP contribution in [0.2, 0.25) is 0 Å². The van der Waals surface area contributed by atoms with Gasteiger partial charge in [-0.15, -0.1) is 11.3 Å². The summed E-state index contributed by atoms with van der Waals surface area (Å²) < 4.78 is 5.17. The summed E-state index contributed by atoms with van der Waals surface area (Å²) >= 11 is 2.84. The fourth-order valence-electron chi connectivity index (χ4n) is 2.57. The first kappa shape index (κ1) is 18.6. The molecular weight excluding hydrogens is 376 g/mol. The van der Waals surface area contributed by atoms with Gasteiger partial charge in [0.1, 0.15) is 16.2 Å². The zero-order valence-electron chi connectivity index (χ0n) is 14.6. The van der Waals surface area contributed by atoms with Crippen molar-refractivity contribution in [1.82, 2.24) is 20.2 Å². The molecule has 0 saturated carbocycles. The molecule has 138 valence electrons. The number of carbonyl (C=O) groups excluding carboxylic acids is 3. The van der Waals surface area contributed by atoms with Gasteiger partial charge < -0.3 is 10.1 Å². The molecule has 2 aromatic heterocycles. The van der Waals surface area contributed by atoms with Crippen molar-refractivity contribution in [2.75, 3.05) is 18.8 Å². The van der Waals surface area contributed by atoms with Crippen LogP contribution in [0.3, 0.4) is 0 Å². The predicted octanol–water partition coefficient (Wildman–Crippen LogP) is 1.88. The number of hydrogen-bond donors (Lipinski definition) is 1. The highest BCUT2D eigenvalue weighted by Gasteiger charge is 2.31. The van der Waals surface area contributed by atoms with E-state index >= 15 is 0 Å². The Morgan fingerprint density at radius 2 is 2.19 bits per heavy atom. The van der Waals surface area contributed by atoms with Gasteiger partial charge in [-0.25, -0.2) is 14.8 Å². The number of esters is 1. The maximum absolute atomic E-state index is 12.1. The second kappa shape index (κ2) is 7.58. The summed E-state index contributed by atoms with van der Waals surface area (Å²) in [5.74, 6) is -1.04. The molecule has 1 aliphatic heterocycles. The van der Waals surface area contributed by atoms with Crippen LogP contribution in [0.4, 0.5) is 4.79 Å². The van der Waals surface area contributed by atoms with Crippen LogP contribution in [-0.4, -0.2) is 57.7 Å². The molecule has 3 heterocycles. The normalized spacial score (nSPS) is 15.2. The lowest BCUT2D eigenvalue weighted by atomic mass is 10.2. The molecule has 0 radical (unpaired) electrons. The molecule has 3 amide bonds. The molecule has 0 spiro atoms. The molecule has 3 rings (SSSR count). The number of rotatable bonds is 5. The Balaban J connectivity index is 1.61. The zero-order chi connectivity index (χ0) is 18.8. The average molecular weight is 394 g/mol. The van der Waals surface area contributed by atoms with E-state index in [1.54, 1.807) is 11.3 Å². The molecule has 8 nitrogen and oxygen atoms in total. The number of nitrogens with one attached hydrogen (secondary N) is 1. The van der Waals surface area contributed by atoms with Crippen molar-refractivity contribution in [1.29, 1.82) is 0 Å². The fraction of sp³-hybridized carbons (Fsp3) is 0.438. The van der Waals surface area contributed by atoms with Gasteiger partial charge in [0, 0.05) is 23.4 Å². The van der Waals surface area contributed by atoms with Crippen LogP contribution in [0.5, 0.6) is 0 Å². The van der Waals surface area contributed by atoms with Gasteiger partial charge in [-0.3, -0.25) is 14.5 Å². The number of aromatic nitrogens is 2. The number of ether oxygens (including phenoxy) is 1.